The summed E-state index contributed by atoms with van der Waals surface area (Å²) in [6.45, 7) is 9.30. The average Bonchev–Trinajstić information content (AvgIpc) is 3.97. The van der Waals surface area contributed by atoms with Gasteiger partial charge < -0.3 is 0 Å². The van der Waals surface area contributed by atoms with Crippen LogP contribution < -0.4 is 0 Å². The van der Waals surface area contributed by atoms with Crippen molar-refractivity contribution in [2.75, 3.05) is 0 Å². The number of hydrogen-bond acceptors (Lipinski definition) is 6. The molecule has 0 saturated carbocycles. The van der Waals surface area contributed by atoms with Gasteiger partial charge in [0.05, 0.1) is 0 Å². The Morgan fingerprint density at radius 3 is 1.06 bits per heavy atom. The molecule has 0 N–H and O–H groups in total. The van der Waals surface area contributed by atoms with Crippen LogP contribution in [0, 0.1) is 0 Å². The standard InChI is InChI=1S/C44H46S6/c1-5-9-13-27-29(15-11-7-3)43-33(31-21-23-45-41(27)31)25-39(49-43)37-19-17-35(47-37)36-18-20-38(48-36)40-26-34-32-22-24-46-42(32)28(14-10-6-2)30(16-12-8-4)44(34)50-40/h17-26H,5-16H2,1-4H3. The van der Waals surface area contributed by atoms with Gasteiger partial charge in [0.1, 0.15) is 0 Å². The molecule has 0 aliphatic rings. The fraction of sp³-hybridized carbons (Fsp3) is 0.364. The zero-order valence-corrected chi connectivity index (χ0v) is 34.6. The van der Waals surface area contributed by atoms with E-state index in [4.69, 9.17) is 0 Å². The predicted molar refractivity (Wildman–Crippen MR) is 234 cm³/mol. The molecule has 50 heavy (non-hydrogen) atoms. The highest BCUT2D eigenvalue weighted by Crippen LogP contribution is 2.49. The molecule has 0 aliphatic carbocycles. The maximum absolute atomic E-state index is 2.51. The third kappa shape index (κ3) is 6.37. The van der Waals surface area contributed by atoms with E-state index in [0.29, 0.717) is 0 Å². The van der Waals surface area contributed by atoms with Gasteiger partial charge in [-0.15, -0.1) is 68.0 Å². The summed E-state index contributed by atoms with van der Waals surface area (Å²) in [5.41, 5.74) is 6.55. The van der Waals surface area contributed by atoms with Crippen molar-refractivity contribution in [3.8, 4) is 29.3 Å². The Labute approximate surface area is 321 Å². The molecule has 258 valence electrons. The number of unbranched alkanes of at least 4 members (excludes halogenated alkanes) is 4. The van der Waals surface area contributed by atoms with Crippen LogP contribution in [-0.2, 0) is 25.7 Å². The van der Waals surface area contributed by atoms with E-state index in [0.717, 1.165) is 0 Å². The molecule has 0 nitrogen and oxygen atoms in total. The molecule has 0 bridgehead atoms. The van der Waals surface area contributed by atoms with E-state index in [-0.39, 0.29) is 0 Å². The molecule has 6 heterocycles. The predicted octanol–water partition coefficient (Wildman–Crippen LogP) is 17.0. The van der Waals surface area contributed by atoms with Gasteiger partial charge in [0.2, 0.25) is 0 Å². The number of rotatable bonds is 15. The molecule has 8 aromatic rings. The second kappa shape index (κ2) is 15.3. The fourth-order valence-electron chi connectivity index (χ4n) is 7.61. The van der Waals surface area contributed by atoms with Crippen LogP contribution in [0.15, 0.2) is 59.3 Å². The highest BCUT2D eigenvalue weighted by Gasteiger charge is 2.21. The molecule has 0 unspecified atom stereocenters. The van der Waals surface area contributed by atoms with Crippen molar-refractivity contribution in [1.82, 2.24) is 0 Å². The van der Waals surface area contributed by atoms with Gasteiger partial charge >= 0.3 is 0 Å². The molecule has 0 spiro atoms. The molecule has 0 atom stereocenters. The lowest BCUT2D eigenvalue weighted by molar-refractivity contribution is 0.766. The number of benzene rings is 2. The van der Waals surface area contributed by atoms with Crippen molar-refractivity contribution >= 4 is 108 Å². The summed E-state index contributed by atoms with van der Waals surface area (Å²) in [6.07, 6.45) is 14.9. The van der Waals surface area contributed by atoms with E-state index in [1.165, 1.54) is 137 Å². The lowest BCUT2D eigenvalue weighted by atomic mass is 9.94. The van der Waals surface area contributed by atoms with Crippen LogP contribution in [0.25, 0.3) is 69.6 Å². The first-order valence-electron chi connectivity index (χ1n) is 18.7. The third-order valence-corrected chi connectivity index (χ3v) is 17.4. The van der Waals surface area contributed by atoms with Crippen molar-refractivity contribution < 1.29 is 0 Å². The summed E-state index contributed by atoms with van der Waals surface area (Å²) in [4.78, 5) is 8.42. The second-order valence-corrected chi connectivity index (χ2v) is 19.8. The largest absolute Gasteiger partial charge is 0.143 e. The molecule has 0 aliphatic heterocycles. The van der Waals surface area contributed by atoms with Crippen molar-refractivity contribution in [3.05, 3.63) is 81.5 Å². The van der Waals surface area contributed by atoms with Gasteiger partial charge in [-0.1, -0.05) is 53.4 Å². The number of thiophene rings is 6. The first-order valence-corrected chi connectivity index (χ1v) is 23.8. The van der Waals surface area contributed by atoms with E-state index < -0.39 is 0 Å². The van der Waals surface area contributed by atoms with Gasteiger partial charge in [0.25, 0.3) is 0 Å². The van der Waals surface area contributed by atoms with Crippen molar-refractivity contribution in [2.45, 2.75) is 105 Å². The van der Waals surface area contributed by atoms with Gasteiger partial charge in [-0.25, -0.2) is 0 Å². The van der Waals surface area contributed by atoms with Gasteiger partial charge in [-0.05, 0) is 133 Å². The Morgan fingerprint density at radius 2 is 0.700 bits per heavy atom. The number of aryl methyl sites for hydroxylation is 4. The molecule has 0 fully saturated rings. The number of fused-ring (bicyclic) bond motifs is 6. The van der Waals surface area contributed by atoms with E-state index in [9.17, 15) is 0 Å². The molecule has 6 aromatic heterocycles. The second-order valence-electron chi connectivity index (χ2n) is 13.7. The minimum Gasteiger partial charge on any atom is -0.143 e. The van der Waals surface area contributed by atoms with Crippen molar-refractivity contribution in [2.24, 2.45) is 0 Å². The monoisotopic (exact) mass is 766 g/mol. The van der Waals surface area contributed by atoms with Crippen LogP contribution in [0.4, 0.5) is 0 Å². The minimum absolute atomic E-state index is 1.20. The van der Waals surface area contributed by atoms with Crippen LogP contribution in [0.2, 0.25) is 0 Å². The van der Waals surface area contributed by atoms with Gasteiger partial charge in [0, 0.05) is 69.6 Å². The Balaban J connectivity index is 1.15. The third-order valence-electron chi connectivity index (χ3n) is 10.3. The summed E-state index contributed by atoms with van der Waals surface area (Å²) in [5, 5.41) is 10.5. The zero-order chi connectivity index (χ0) is 34.2. The van der Waals surface area contributed by atoms with E-state index >= 15 is 0 Å². The van der Waals surface area contributed by atoms with Crippen LogP contribution in [0.5, 0.6) is 0 Å². The normalized spacial score (nSPS) is 12.2. The first kappa shape index (κ1) is 34.7. The summed E-state index contributed by atoms with van der Waals surface area (Å²) in [7, 11) is 0. The Kier molecular flexibility index (Phi) is 10.7. The molecule has 8 rings (SSSR count). The maximum atomic E-state index is 2.51. The Hall–Kier alpha value is -2.32. The van der Waals surface area contributed by atoms with Crippen LogP contribution in [0.3, 0.4) is 0 Å². The van der Waals surface area contributed by atoms with Crippen LogP contribution in [0.1, 0.15) is 101 Å². The van der Waals surface area contributed by atoms with Crippen molar-refractivity contribution in [3.63, 3.8) is 0 Å². The Morgan fingerprint density at radius 1 is 0.360 bits per heavy atom. The van der Waals surface area contributed by atoms with Gasteiger partial charge in [0.15, 0.2) is 0 Å². The summed E-state index contributed by atoms with van der Waals surface area (Å²) < 4.78 is 6.16. The number of hydrogen-bond donors (Lipinski definition) is 0. The molecule has 0 amide bonds. The fourth-order valence-corrected chi connectivity index (χ4v) is 14.4. The summed E-state index contributed by atoms with van der Waals surface area (Å²) in [6, 6.07) is 19.3. The lowest BCUT2D eigenvalue weighted by Crippen LogP contribution is -1.96. The maximum Gasteiger partial charge on any atom is 0.0455 e. The van der Waals surface area contributed by atoms with Crippen molar-refractivity contribution in [1.29, 1.82) is 0 Å². The SMILES string of the molecule is CCCCc1c(CCCC)c2sc(-c3ccc(-c4ccc(-c5cc6c(s5)c(CCCC)c(CCCC)c5sccc56)s4)s3)cc2c2ccsc12. The lowest BCUT2D eigenvalue weighted by Gasteiger charge is -2.13. The molecule has 2 aromatic carbocycles. The highest BCUT2D eigenvalue weighted by molar-refractivity contribution is 7.30. The van der Waals surface area contributed by atoms with Crippen LogP contribution in [-0.4, -0.2) is 0 Å². The minimum atomic E-state index is 1.20. The quantitative estimate of drug-likeness (QED) is 0.0975. The molecule has 0 saturated heterocycles. The highest BCUT2D eigenvalue weighted by atomic mass is 32.1. The topological polar surface area (TPSA) is 0 Å². The van der Waals surface area contributed by atoms with Gasteiger partial charge in [-0.2, -0.15) is 0 Å². The van der Waals surface area contributed by atoms with Gasteiger partial charge in [-0.3, -0.25) is 0 Å². The summed E-state index contributed by atoms with van der Waals surface area (Å²) in [5.74, 6) is 0. The molecular formula is C44H46S6. The molecular weight excluding hydrogens is 721 g/mol. The first-order chi connectivity index (χ1) is 24.6. The van der Waals surface area contributed by atoms with E-state index in [1.54, 1.807) is 31.7 Å². The molecule has 0 radical (unpaired) electrons. The molecule has 6 heteroatoms. The smallest absolute Gasteiger partial charge is 0.0455 e. The van der Waals surface area contributed by atoms with E-state index in [1.807, 2.05) is 68.0 Å². The average molecular weight is 767 g/mol. The zero-order valence-electron chi connectivity index (χ0n) is 29.7. The summed E-state index contributed by atoms with van der Waals surface area (Å²) >= 11 is 11.9. The Bertz CT molecular complexity index is 2230. The van der Waals surface area contributed by atoms with E-state index in [2.05, 4.69) is 87.0 Å². The van der Waals surface area contributed by atoms with Crippen LogP contribution >= 0.6 is 68.0 Å².